The molecule has 7 heteroatoms. The summed E-state index contributed by atoms with van der Waals surface area (Å²) in [6.07, 6.45) is 1.44. The molecule has 0 radical (unpaired) electrons. The minimum absolute atomic E-state index is 0.180. The highest BCUT2D eigenvalue weighted by Gasteiger charge is 2.30. The molecule has 0 unspecified atom stereocenters. The van der Waals surface area contributed by atoms with Crippen LogP contribution in [0, 0.1) is 5.92 Å². The molecule has 0 aliphatic carbocycles. The van der Waals surface area contributed by atoms with Crippen LogP contribution >= 0.6 is 23.6 Å². The lowest BCUT2D eigenvalue weighted by Crippen LogP contribution is -2.41. The fourth-order valence-corrected chi connectivity index (χ4v) is 4.77. The molecule has 0 aromatic carbocycles. The van der Waals surface area contributed by atoms with E-state index in [9.17, 15) is 8.42 Å². The number of hydrogen-bond acceptors (Lipinski definition) is 4. The lowest BCUT2D eigenvalue weighted by atomic mass is 9.98. The van der Waals surface area contributed by atoms with Gasteiger partial charge in [0.05, 0.1) is 4.99 Å². The van der Waals surface area contributed by atoms with Crippen LogP contribution in [0.25, 0.3) is 0 Å². The standard InChI is InChI=1S/C10H14N2O2S3/c11-10(15)8-3-5-12(6-4-8)17(13,14)9-2-1-7-16-9/h1-2,7-8H,3-6H2,(H2,11,15). The van der Waals surface area contributed by atoms with Crippen molar-refractivity contribution in [3.05, 3.63) is 17.5 Å². The molecule has 2 rings (SSSR count). The Morgan fingerprint density at radius 2 is 2.12 bits per heavy atom. The monoisotopic (exact) mass is 290 g/mol. The summed E-state index contributed by atoms with van der Waals surface area (Å²) in [6.45, 7) is 1.00. The Balaban J connectivity index is 2.09. The van der Waals surface area contributed by atoms with Gasteiger partial charge < -0.3 is 5.73 Å². The van der Waals surface area contributed by atoms with Gasteiger partial charge in [0, 0.05) is 19.0 Å². The number of thiocarbonyl (C=S) groups is 1. The van der Waals surface area contributed by atoms with Crippen LogP contribution in [0.4, 0.5) is 0 Å². The molecule has 1 aromatic rings. The Hall–Kier alpha value is -0.500. The van der Waals surface area contributed by atoms with Crippen molar-refractivity contribution < 1.29 is 8.42 Å². The molecule has 4 nitrogen and oxygen atoms in total. The highest BCUT2D eigenvalue weighted by Crippen LogP contribution is 2.26. The van der Waals surface area contributed by atoms with Gasteiger partial charge in [-0.05, 0) is 24.3 Å². The van der Waals surface area contributed by atoms with Crippen LogP contribution in [-0.2, 0) is 10.0 Å². The molecule has 0 saturated carbocycles. The van der Waals surface area contributed by atoms with Crippen molar-refractivity contribution in [2.75, 3.05) is 13.1 Å². The summed E-state index contributed by atoms with van der Waals surface area (Å²) >= 11 is 6.19. The van der Waals surface area contributed by atoms with E-state index in [0.29, 0.717) is 22.3 Å². The SMILES string of the molecule is NC(=S)C1CCN(S(=O)(=O)c2cccs2)CC1. The largest absolute Gasteiger partial charge is 0.393 e. The summed E-state index contributed by atoms with van der Waals surface area (Å²) in [6, 6.07) is 3.39. The molecule has 0 atom stereocenters. The van der Waals surface area contributed by atoms with Crippen molar-refractivity contribution in [2.45, 2.75) is 17.1 Å². The number of sulfonamides is 1. The molecule has 1 fully saturated rings. The van der Waals surface area contributed by atoms with E-state index in [2.05, 4.69) is 0 Å². The van der Waals surface area contributed by atoms with Gasteiger partial charge in [0.15, 0.2) is 0 Å². The van der Waals surface area contributed by atoms with Gasteiger partial charge in [0.25, 0.3) is 10.0 Å². The minimum atomic E-state index is -3.30. The summed E-state index contributed by atoms with van der Waals surface area (Å²) in [5.74, 6) is 0.180. The van der Waals surface area contributed by atoms with Gasteiger partial charge in [0.1, 0.15) is 4.21 Å². The number of rotatable bonds is 3. The quantitative estimate of drug-likeness (QED) is 0.856. The van der Waals surface area contributed by atoms with Crippen LogP contribution in [0.5, 0.6) is 0 Å². The van der Waals surface area contributed by atoms with E-state index in [1.165, 1.54) is 15.6 Å². The molecule has 0 bridgehead atoms. The Morgan fingerprint density at radius 1 is 1.47 bits per heavy atom. The van der Waals surface area contributed by atoms with Gasteiger partial charge in [-0.1, -0.05) is 18.3 Å². The van der Waals surface area contributed by atoms with Gasteiger partial charge in [0.2, 0.25) is 0 Å². The van der Waals surface area contributed by atoms with Crippen molar-refractivity contribution in [1.82, 2.24) is 4.31 Å². The van der Waals surface area contributed by atoms with Crippen LogP contribution in [0.1, 0.15) is 12.8 Å². The van der Waals surface area contributed by atoms with Crippen molar-refractivity contribution in [1.29, 1.82) is 0 Å². The molecule has 1 aliphatic rings. The predicted octanol–water partition coefficient (Wildman–Crippen LogP) is 1.43. The minimum Gasteiger partial charge on any atom is -0.393 e. The molecule has 17 heavy (non-hydrogen) atoms. The van der Waals surface area contributed by atoms with Crippen LogP contribution in [0.2, 0.25) is 0 Å². The van der Waals surface area contributed by atoms with E-state index in [-0.39, 0.29) is 5.92 Å². The normalized spacial score (nSPS) is 19.3. The van der Waals surface area contributed by atoms with Crippen molar-refractivity contribution in [2.24, 2.45) is 11.7 Å². The number of nitrogens with zero attached hydrogens (tertiary/aromatic N) is 1. The zero-order chi connectivity index (χ0) is 12.5. The first-order valence-corrected chi connectivity index (χ1v) is 8.07. The highest BCUT2D eigenvalue weighted by molar-refractivity contribution is 7.91. The molecule has 0 spiro atoms. The molecule has 1 saturated heterocycles. The van der Waals surface area contributed by atoms with Gasteiger partial charge in [-0.3, -0.25) is 0 Å². The summed E-state index contributed by atoms with van der Waals surface area (Å²) in [5.41, 5.74) is 5.58. The maximum atomic E-state index is 12.2. The molecule has 1 aliphatic heterocycles. The fourth-order valence-electron chi connectivity index (χ4n) is 1.92. The lowest BCUT2D eigenvalue weighted by Gasteiger charge is -2.30. The zero-order valence-corrected chi connectivity index (χ0v) is 11.7. The number of piperidine rings is 1. The van der Waals surface area contributed by atoms with Gasteiger partial charge in [-0.15, -0.1) is 11.3 Å². The maximum Gasteiger partial charge on any atom is 0.252 e. The van der Waals surface area contributed by atoms with E-state index >= 15 is 0 Å². The highest BCUT2D eigenvalue weighted by atomic mass is 32.2. The molecule has 2 N–H and O–H groups in total. The second-order valence-electron chi connectivity index (χ2n) is 4.01. The Kier molecular flexibility index (Phi) is 3.82. The van der Waals surface area contributed by atoms with Crippen LogP contribution in [-0.4, -0.2) is 30.8 Å². The Bertz CT molecular complexity index is 488. The molecule has 0 amide bonds. The third-order valence-electron chi connectivity index (χ3n) is 2.95. The molecule has 94 valence electrons. The molecular weight excluding hydrogens is 276 g/mol. The number of hydrogen-bond donors (Lipinski definition) is 1. The van der Waals surface area contributed by atoms with E-state index < -0.39 is 10.0 Å². The first kappa shape index (κ1) is 12.9. The molecule has 1 aromatic heterocycles. The van der Waals surface area contributed by atoms with Gasteiger partial charge in [-0.25, -0.2) is 8.42 Å². The number of nitrogens with two attached hydrogens (primary N) is 1. The fraction of sp³-hybridized carbons (Fsp3) is 0.500. The van der Waals surface area contributed by atoms with Gasteiger partial charge in [-0.2, -0.15) is 4.31 Å². The Labute approximate surface area is 110 Å². The zero-order valence-electron chi connectivity index (χ0n) is 9.20. The van der Waals surface area contributed by atoms with Crippen molar-refractivity contribution in [3.63, 3.8) is 0 Å². The van der Waals surface area contributed by atoms with E-state index in [1.807, 2.05) is 0 Å². The van der Waals surface area contributed by atoms with E-state index in [4.69, 9.17) is 18.0 Å². The Morgan fingerprint density at radius 3 is 2.59 bits per heavy atom. The van der Waals surface area contributed by atoms with Crippen molar-refractivity contribution >= 4 is 38.6 Å². The average Bonchev–Trinajstić information content (AvgIpc) is 2.83. The average molecular weight is 290 g/mol. The summed E-state index contributed by atoms with van der Waals surface area (Å²) in [5, 5.41) is 1.77. The van der Waals surface area contributed by atoms with Crippen molar-refractivity contribution in [3.8, 4) is 0 Å². The third kappa shape index (κ3) is 2.67. The maximum absolute atomic E-state index is 12.2. The van der Waals surface area contributed by atoms with E-state index in [1.54, 1.807) is 17.5 Å². The summed E-state index contributed by atoms with van der Waals surface area (Å²) in [4.78, 5) is 0.498. The van der Waals surface area contributed by atoms with Crippen LogP contribution < -0.4 is 5.73 Å². The van der Waals surface area contributed by atoms with Crippen LogP contribution in [0.15, 0.2) is 21.7 Å². The molecule has 2 heterocycles. The summed E-state index contributed by atoms with van der Waals surface area (Å²) < 4.78 is 26.3. The second kappa shape index (κ2) is 5.01. The number of thiophene rings is 1. The topological polar surface area (TPSA) is 63.4 Å². The third-order valence-corrected chi connectivity index (χ3v) is 6.55. The van der Waals surface area contributed by atoms with E-state index in [0.717, 1.165) is 12.8 Å². The van der Waals surface area contributed by atoms with Gasteiger partial charge >= 0.3 is 0 Å². The predicted molar refractivity (Wildman–Crippen MR) is 72.6 cm³/mol. The summed E-state index contributed by atoms with van der Waals surface area (Å²) in [7, 11) is -3.30. The molecular formula is C10H14N2O2S3. The lowest BCUT2D eigenvalue weighted by molar-refractivity contribution is 0.317. The first-order valence-electron chi connectivity index (χ1n) is 5.35. The smallest absolute Gasteiger partial charge is 0.252 e. The van der Waals surface area contributed by atoms with Crippen LogP contribution in [0.3, 0.4) is 0 Å². The second-order valence-corrected chi connectivity index (χ2v) is 7.60. The first-order chi connectivity index (χ1) is 8.01.